The Bertz CT molecular complexity index is 1100. The Morgan fingerprint density at radius 3 is 2.25 bits per heavy atom. The average molecular weight is 443 g/mol. The maximum absolute atomic E-state index is 13.0. The normalized spacial score (nSPS) is 10.8. The lowest BCUT2D eigenvalue weighted by molar-refractivity contribution is 0.103. The SMILES string of the molecule is O=C(c1ccc(F)cc1)c1ccc(OCc2nnc(-c3ccc(Br)o3)o2)cc1. The number of benzene rings is 2. The van der Waals surface area contributed by atoms with Gasteiger partial charge >= 0.3 is 0 Å². The van der Waals surface area contributed by atoms with Gasteiger partial charge in [0.15, 0.2) is 22.8 Å². The number of hydrogen-bond acceptors (Lipinski definition) is 6. The Morgan fingerprint density at radius 2 is 1.61 bits per heavy atom. The van der Waals surface area contributed by atoms with Crippen molar-refractivity contribution in [3.05, 3.63) is 88.2 Å². The van der Waals surface area contributed by atoms with Crippen molar-refractivity contribution in [2.75, 3.05) is 0 Å². The zero-order valence-corrected chi connectivity index (χ0v) is 15.8. The molecule has 4 rings (SSSR count). The summed E-state index contributed by atoms with van der Waals surface area (Å²) in [6.45, 7) is 0.0696. The van der Waals surface area contributed by atoms with Crippen molar-refractivity contribution in [1.29, 1.82) is 0 Å². The molecule has 0 spiro atoms. The first-order valence-electron chi connectivity index (χ1n) is 8.20. The number of carbonyl (C=O) groups excluding carboxylic acids is 1. The minimum absolute atomic E-state index is 0.0696. The van der Waals surface area contributed by atoms with Crippen LogP contribution in [0.5, 0.6) is 5.75 Å². The minimum Gasteiger partial charge on any atom is -0.484 e. The Morgan fingerprint density at radius 1 is 0.929 bits per heavy atom. The molecule has 140 valence electrons. The molecule has 2 aromatic carbocycles. The molecule has 2 heterocycles. The molecule has 4 aromatic rings. The average Bonchev–Trinajstić information content (AvgIpc) is 3.36. The first-order chi connectivity index (χ1) is 13.6. The third-order valence-corrected chi connectivity index (χ3v) is 4.26. The van der Waals surface area contributed by atoms with Crippen molar-refractivity contribution in [3.63, 3.8) is 0 Å². The number of halogens is 2. The van der Waals surface area contributed by atoms with E-state index < -0.39 is 0 Å². The van der Waals surface area contributed by atoms with E-state index in [2.05, 4.69) is 26.1 Å². The number of carbonyl (C=O) groups is 1. The second kappa shape index (κ2) is 7.77. The van der Waals surface area contributed by atoms with E-state index in [0.29, 0.717) is 27.3 Å². The third kappa shape index (κ3) is 4.01. The van der Waals surface area contributed by atoms with Crippen LogP contribution in [0.4, 0.5) is 4.39 Å². The van der Waals surface area contributed by atoms with Crippen molar-refractivity contribution >= 4 is 21.7 Å². The minimum atomic E-state index is -0.385. The highest BCUT2D eigenvalue weighted by molar-refractivity contribution is 9.10. The Labute approximate surface area is 167 Å². The molecule has 0 fully saturated rings. The van der Waals surface area contributed by atoms with Gasteiger partial charge in [0, 0.05) is 11.1 Å². The molecule has 0 aliphatic heterocycles. The van der Waals surface area contributed by atoms with E-state index in [0.717, 1.165) is 0 Å². The Kier molecular flexibility index (Phi) is 5.03. The van der Waals surface area contributed by atoms with Crippen molar-refractivity contribution in [1.82, 2.24) is 10.2 Å². The quantitative estimate of drug-likeness (QED) is 0.389. The monoisotopic (exact) mass is 442 g/mol. The number of hydrogen-bond donors (Lipinski definition) is 0. The first kappa shape index (κ1) is 18.1. The molecular weight excluding hydrogens is 431 g/mol. The maximum Gasteiger partial charge on any atom is 0.283 e. The first-order valence-corrected chi connectivity index (χ1v) is 8.99. The van der Waals surface area contributed by atoms with E-state index in [-0.39, 0.29) is 30.0 Å². The lowest BCUT2D eigenvalue weighted by atomic mass is 10.0. The molecule has 28 heavy (non-hydrogen) atoms. The lowest BCUT2D eigenvalue weighted by Crippen LogP contribution is -2.01. The van der Waals surface area contributed by atoms with Gasteiger partial charge in [-0.25, -0.2) is 4.39 Å². The van der Waals surface area contributed by atoms with E-state index in [1.54, 1.807) is 36.4 Å². The topological polar surface area (TPSA) is 78.4 Å². The van der Waals surface area contributed by atoms with Crippen LogP contribution in [0.2, 0.25) is 0 Å². The molecule has 8 heteroatoms. The summed E-state index contributed by atoms with van der Waals surface area (Å²) in [6, 6.07) is 15.5. The van der Waals surface area contributed by atoms with Crippen molar-refractivity contribution in [2.45, 2.75) is 6.61 Å². The van der Waals surface area contributed by atoms with Crippen molar-refractivity contribution in [2.24, 2.45) is 0 Å². The van der Waals surface area contributed by atoms with Gasteiger partial charge in [-0.1, -0.05) is 0 Å². The van der Waals surface area contributed by atoms with Crippen LogP contribution in [0.3, 0.4) is 0 Å². The third-order valence-electron chi connectivity index (χ3n) is 3.84. The molecule has 0 bridgehead atoms. The molecule has 0 aliphatic carbocycles. The van der Waals surface area contributed by atoms with Crippen LogP contribution in [-0.4, -0.2) is 16.0 Å². The summed E-state index contributed by atoms with van der Waals surface area (Å²) in [5.74, 6) is 0.950. The summed E-state index contributed by atoms with van der Waals surface area (Å²) >= 11 is 3.21. The Balaban J connectivity index is 1.39. The molecule has 0 unspecified atom stereocenters. The molecule has 0 amide bonds. The fourth-order valence-electron chi connectivity index (χ4n) is 2.46. The summed E-state index contributed by atoms with van der Waals surface area (Å²) in [5, 5.41) is 7.81. The van der Waals surface area contributed by atoms with Crippen molar-refractivity contribution < 1.29 is 22.8 Å². The summed E-state index contributed by atoms with van der Waals surface area (Å²) in [5.41, 5.74) is 0.889. The highest BCUT2D eigenvalue weighted by Crippen LogP contribution is 2.24. The Hall–Kier alpha value is -3.26. The molecule has 0 aliphatic rings. The van der Waals surface area contributed by atoms with E-state index in [1.807, 2.05) is 0 Å². The number of ether oxygens (including phenoxy) is 1. The highest BCUT2D eigenvalue weighted by Gasteiger charge is 2.13. The number of rotatable bonds is 6. The molecule has 0 radical (unpaired) electrons. The molecule has 0 saturated heterocycles. The van der Waals surface area contributed by atoms with Crippen LogP contribution in [0.25, 0.3) is 11.7 Å². The summed E-state index contributed by atoms with van der Waals surface area (Å²) in [6.07, 6.45) is 0. The smallest absolute Gasteiger partial charge is 0.283 e. The molecular formula is C20H12BrFN2O4. The van der Waals surface area contributed by atoms with Gasteiger partial charge in [-0.2, -0.15) is 0 Å². The summed E-state index contributed by atoms with van der Waals surface area (Å²) in [4.78, 5) is 12.4. The van der Waals surface area contributed by atoms with Crippen LogP contribution in [0, 0.1) is 5.82 Å². The van der Waals surface area contributed by atoms with Gasteiger partial charge in [0.25, 0.3) is 11.8 Å². The number of aromatic nitrogens is 2. The zero-order valence-electron chi connectivity index (χ0n) is 14.3. The summed E-state index contributed by atoms with van der Waals surface area (Å²) in [7, 11) is 0. The van der Waals surface area contributed by atoms with Gasteiger partial charge in [-0.05, 0) is 76.6 Å². The second-order valence-electron chi connectivity index (χ2n) is 5.75. The fraction of sp³-hybridized carbons (Fsp3) is 0.0500. The second-order valence-corrected chi connectivity index (χ2v) is 6.54. The van der Waals surface area contributed by atoms with E-state index in [4.69, 9.17) is 13.6 Å². The molecule has 2 aromatic heterocycles. The highest BCUT2D eigenvalue weighted by atomic mass is 79.9. The lowest BCUT2D eigenvalue weighted by Gasteiger charge is -2.05. The molecule has 0 atom stereocenters. The molecule has 0 N–H and O–H groups in total. The number of nitrogens with zero attached hydrogens (tertiary/aromatic N) is 2. The van der Waals surface area contributed by atoms with Crippen LogP contribution in [0.1, 0.15) is 21.8 Å². The summed E-state index contributed by atoms with van der Waals surface area (Å²) < 4.78 is 30.0. The standard InChI is InChI=1S/C20H12BrFN2O4/c21-17-10-9-16(27-17)20-24-23-18(28-20)11-26-15-7-3-13(4-8-15)19(25)12-1-5-14(22)6-2-12/h1-10H,11H2. The van der Waals surface area contributed by atoms with Gasteiger partial charge in [0.2, 0.25) is 0 Å². The fourth-order valence-corrected chi connectivity index (χ4v) is 2.76. The van der Waals surface area contributed by atoms with Gasteiger partial charge in [0.1, 0.15) is 11.6 Å². The number of ketones is 1. The van der Waals surface area contributed by atoms with Crippen molar-refractivity contribution in [3.8, 4) is 17.4 Å². The van der Waals surface area contributed by atoms with E-state index >= 15 is 0 Å². The van der Waals surface area contributed by atoms with Gasteiger partial charge < -0.3 is 13.6 Å². The van der Waals surface area contributed by atoms with Gasteiger partial charge in [0.05, 0.1) is 0 Å². The molecule has 6 nitrogen and oxygen atoms in total. The van der Waals surface area contributed by atoms with Crippen LogP contribution in [-0.2, 0) is 6.61 Å². The zero-order chi connectivity index (χ0) is 19.5. The van der Waals surface area contributed by atoms with Crippen LogP contribution < -0.4 is 4.74 Å². The maximum atomic E-state index is 13.0. The predicted octanol–water partition coefficient (Wildman–Crippen LogP) is 5.04. The van der Waals surface area contributed by atoms with Gasteiger partial charge in [-0.3, -0.25) is 4.79 Å². The van der Waals surface area contributed by atoms with E-state index in [1.165, 1.54) is 24.3 Å². The van der Waals surface area contributed by atoms with Crippen LogP contribution in [0.15, 0.2) is 74.2 Å². The van der Waals surface area contributed by atoms with Crippen LogP contribution >= 0.6 is 15.9 Å². The van der Waals surface area contributed by atoms with E-state index in [9.17, 15) is 9.18 Å². The number of furan rings is 1. The predicted molar refractivity (Wildman–Crippen MR) is 100 cm³/mol. The van der Waals surface area contributed by atoms with Gasteiger partial charge in [-0.15, -0.1) is 10.2 Å². The molecule has 0 saturated carbocycles. The largest absolute Gasteiger partial charge is 0.484 e.